The maximum atomic E-state index is 10.6. The minimum absolute atomic E-state index is 0.116. The summed E-state index contributed by atoms with van der Waals surface area (Å²) in [5, 5.41) is 13.9. The van der Waals surface area contributed by atoms with Crippen LogP contribution in [0.15, 0.2) is 48.5 Å². The fraction of sp³-hybridized carbons (Fsp3) is 0.250. The third kappa shape index (κ3) is 4.57. The summed E-state index contributed by atoms with van der Waals surface area (Å²) in [5.41, 5.74) is 2.30. The summed E-state index contributed by atoms with van der Waals surface area (Å²) >= 11 is 0. The lowest BCUT2D eigenvalue weighted by Gasteiger charge is -2.07. The summed E-state index contributed by atoms with van der Waals surface area (Å²) < 4.78 is 5.39. The van der Waals surface area contributed by atoms with Crippen molar-refractivity contribution in [3.05, 3.63) is 69.8 Å². The quantitative estimate of drug-likeness (QED) is 0.626. The highest BCUT2D eigenvalue weighted by atomic mass is 16.6. The van der Waals surface area contributed by atoms with E-state index in [-0.39, 0.29) is 5.69 Å². The summed E-state index contributed by atoms with van der Waals surface area (Å²) in [7, 11) is 0. The predicted molar refractivity (Wildman–Crippen MR) is 81.3 cm³/mol. The Morgan fingerprint density at radius 2 is 1.52 bits per heavy atom. The zero-order valence-corrected chi connectivity index (χ0v) is 11.9. The molecule has 0 aliphatic carbocycles. The van der Waals surface area contributed by atoms with E-state index >= 15 is 0 Å². The molecule has 2 aromatic carbocycles. The molecule has 0 saturated carbocycles. The van der Waals surface area contributed by atoms with Crippen LogP contribution in [0.25, 0.3) is 0 Å². The largest absolute Gasteiger partial charge is 0.494 e. The zero-order valence-electron chi connectivity index (χ0n) is 11.9. The van der Waals surface area contributed by atoms with E-state index in [0.29, 0.717) is 13.2 Å². The molecule has 0 aliphatic heterocycles. The number of rotatable bonds is 7. The van der Waals surface area contributed by atoms with Crippen molar-refractivity contribution in [2.45, 2.75) is 20.0 Å². The molecule has 0 aliphatic rings. The Labute approximate surface area is 123 Å². The van der Waals surface area contributed by atoms with Crippen molar-refractivity contribution in [1.82, 2.24) is 5.32 Å². The van der Waals surface area contributed by atoms with Gasteiger partial charge in [-0.25, -0.2) is 0 Å². The molecule has 2 aromatic rings. The standard InChI is InChI=1S/C16H18N2O3/c1-2-21-16-9-5-14(6-10-16)12-17-11-13-3-7-15(8-4-13)18(19)20/h3-10,17H,2,11-12H2,1H3. The Bertz CT molecular complexity index is 579. The van der Waals surface area contributed by atoms with E-state index in [9.17, 15) is 10.1 Å². The average molecular weight is 286 g/mol. The number of ether oxygens (including phenoxy) is 1. The Morgan fingerprint density at radius 3 is 2.00 bits per heavy atom. The van der Waals surface area contributed by atoms with Gasteiger partial charge in [-0.2, -0.15) is 0 Å². The molecule has 5 nitrogen and oxygen atoms in total. The zero-order chi connectivity index (χ0) is 15.1. The first-order valence-electron chi connectivity index (χ1n) is 6.85. The molecule has 0 saturated heterocycles. The topological polar surface area (TPSA) is 64.4 Å². The van der Waals surface area contributed by atoms with Crippen LogP contribution < -0.4 is 10.1 Å². The van der Waals surface area contributed by atoms with Crippen molar-refractivity contribution in [2.75, 3.05) is 6.61 Å². The number of hydrogen-bond acceptors (Lipinski definition) is 4. The average Bonchev–Trinajstić information content (AvgIpc) is 2.50. The summed E-state index contributed by atoms with van der Waals surface area (Å²) in [6.45, 7) is 4.03. The lowest BCUT2D eigenvalue weighted by atomic mass is 10.2. The van der Waals surface area contributed by atoms with Gasteiger partial charge in [0, 0.05) is 25.2 Å². The molecule has 5 heteroatoms. The molecule has 110 valence electrons. The van der Waals surface area contributed by atoms with E-state index < -0.39 is 4.92 Å². The maximum Gasteiger partial charge on any atom is 0.269 e. The van der Waals surface area contributed by atoms with Crippen LogP contribution in [0.4, 0.5) is 5.69 Å². The van der Waals surface area contributed by atoms with Crippen molar-refractivity contribution < 1.29 is 9.66 Å². The number of non-ortho nitro benzene ring substituents is 1. The minimum Gasteiger partial charge on any atom is -0.494 e. The molecule has 0 atom stereocenters. The van der Waals surface area contributed by atoms with Gasteiger partial charge in [-0.15, -0.1) is 0 Å². The van der Waals surface area contributed by atoms with Gasteiger partial charge in [0.2, 0.25) is 0 Å². The van der Waals surface area contributed by atoms with Crippen LogP contribution in [0.5, 0.6) is 5.75 Å². The molecular formula is C16H18N2O3. The second kappa shape index (κ2) is 7.40. The highest BCUT2D eigenvalue weighted by molar-refractivity contribution is 5.33. The Balaban J connectivity index is 1.82. The molecule has 0 amide bonds. The van der Waals surface area contributed by atoms with Crippen molar-refractivity contribution in [1.29, 1.82) is 0 Å². The molecule has 2 rings (SSSR count). The molecule has 0 fully saturated rings. The van der Waals surface area contributed by atoms with Crippen LogP contribution in [-0.4, -0.2) is 11.5 Å². The van der Waals surface area contributed by atoms with Crippen LogP contribution in [0.3, 0.4) is 0 Å². The monoisotopic (exact) mass is 286 g/mol. The number of nitro benzene ring substituents is 1. The maximum absolute atomic E-state index is 10.6. The van der Waals surface area contributed by atoms with Gasteiger partial charge < -0.3 is 10.1 Å². The van der Waals surface area contributed by atoms with Gasteiger partial charge in [-0.05, 0) is 30.2 Å². The Morgan fingerprint density at radius 1 is 1.00 bits per heavy atom. The molecule has 0 spiro atoms. The molecule has 0 unspecified atom stereocenters. The Kier molecular flexibility index (Phi) is 5.29. The second-order valence-corrected chi connectivity index (χ2v) is 4.60. The van der Waals surface area contributed by atoms with Crippen LogP contribution >= 0.6 is 0 Å². The van der Waals surface area contributed by atoms with E-state index in [1.54, 1.807) is 12.1 Å². The fourth-order valence-corrected chi connectivity index (χ4v) is 1.96. The minimum atomic E-state index is -0.392. The van der Waals surface area contributed by atoms with Crippen molar-refractivity contribution in [3.8, 4) is 5.75 Å². The van der Waals surface area contributed by atoms with Gasteiger partial charge >= 0.3 is 0 Å². The summed E-state index contributed by atoms with van der Waals surface area (Å²) in [6.07, 6.45) is 0. The summed E-state index contributed by atoms with van der Waals surface area (Å²) in [6, 6.07) is 14.5. The smallest absolute Gasteiger partial charge is 0.269 e. The van der Waals surface area contributed by atoms with Crippen LogP contribution in [0.2, 0.25) is 0 Å². The molecule has 1 N–H and O–H groups in total. The highest BCUT2D eigenvalue weighted by Gasteiger charge is 2.03. The Hall–Kier alpha value is -2.40. The van der Waals surface area contributed by atoms with Crippen LogP contribution in [0.1, 0.15) is 18.1 Å². The van der Waals surface area contributed by atoms with E-state index in [0.717, 1.165) is 17.9 Å². The summed E-state index contributed by atoms with van der Waals surface area (Å²) in [5.74, 6) is 0.872. The van der Waals surface area contributed by atoms with E-state index in [1.807, 2.05) is 31.2 Å². The summed E-state index contributed by atoms with van der Waals surface area (Å²) in [4.78, 5) is 10.2. The normalized spacial score (nSPS) is 10.3. The fourth-order valence-electron chi connectivity index (χ4n) is 1.96. The SMILES string of the molecule is CCOc1ccc(CNCc2ccc([N+](=O)[O-])cc2)cc1. The van der Waals surface area contributed by atoms with Gasteiger partial charge in [-0.1, -0.05) is 24.3 Å². The van der Waals surface area contributed by atoms with Gasteiger partial charge in [0.1, 0.15) is 5.75 Å². The molecule has 21 heavy (non-hydrogen) atoms. The van der Waals surface area contributed by atoms with E-state index in [4.69, 9.17) is 4.74 Å². The number of benzene rings is 2. The molecule has 0 aromatic heterocycles. The lowest BCUT2D eigenvalue weighted by Crippen LogP contribution is -2.12. The lowest BCUT2D eigenvalue weighted by molar-refractivity contribution is -0.384. The van der Waals surface area contributed by atoms with Gasteiger partial charge in [-0.3, -0.25) is 10.1 Å². The van der Waals surface area contributed by atoms with Crippen molar-refractivity contribution >= 4 is 5.69 Å². The van der Waals surface area contributed by atoms with Gasteiger partial charge in [0.15, 0.2) is 0 Å². The number of hydrogen-bond donors (Lipinski definition) is 1. The van der Waals surface area contributed by atoms with Gasteiger partial charge in [0.25, 0.3) is 5.69 Å². The number of nitrogens with one attached hydrogen (secondary N) is 1. The first kappa shape index (κ1) is 15.0. The van der Waals surface area contributed by atoms with Crippen LogP contribution in [-0.2, 0) is 13.1 Å². The number of nitro groups is 1. The highest BCUT2D eigenvalue weighted by Crippen LogP contribution is 2.13. The van der Waals surface area contributed by atoms with Crippen molar-refractivity contribution in [2.24, 2.45) is 0 Å². The molecule has 0 bridgehead atoms. The molecular weight excluding hydrogens is 268 g/mol. The van der Waals surface area contributed by atoms with Crippen molar-refractivity contribution in [3.63, 3.8) is 0 Å². The van der Waals surface area contributed by atoms with Crippen LogP contribution in [0, 0.1) is 10.1 Å². The first-order valence-corrected chi connectivity index (χ1v) is 6.85. The van der Waals surface area contributed by atoms with Gasteiger partial charge in [0.05, 0.1) is 11.5 Å². The van der Waals surface area contributed by atoms with E-state index in [2.05, 4.69) is 5.32 Å². The van der Waals surface area contributed by atoms with E-state index in [1.165, 1.54) is 17.7 Å². The second-order valence-electron chi connectivity index (χ2n) is 4.60. The first-order chi connectivity index (χ1) is 10.2. The molecule has 0 radical (unpaired) electrons. The molecule has 0 heterocycles. The third-order valence-electron chi connectivity index (χ3n) is 3.04. The number of nitrogens with zero attached hydrogens (tertiary/aromatic N) is 1. The predicted octanol–water partition coefficient (Wildman–Crippen LogP) is 3.28. The third-order valence-corrected chi connectivity index (χ3v) is 3.04.